The minimum absolute atomic E-state index is 0. The normalized spacial score (nSPS) is 19.0. The number of nitrogens with one attached hydrogen (secondary N) is 1. The molecule has 170 valence electrons. The summed E-state index contributed by atoms with van der Waals surface area (Å²) in [6.45, 7) is 1.14. The number of hydrogen-bond donors (Lipinski definition) is 2. The Morgan fingerprint density at radius 1 is 1.29 bits per heavy atom. The Hall–Kier alpha value is -2.33. The van der Waals surface area contributed by atoms with Crippen molar-refractivity contribution in [3.63, 3.8) is 0 Å². The third-order valence-corrected chi connectivity index (χ3v) is 5.79. The Morgan fingerprint density at radius 3 is 2.55 bits per heavy atom. The predicted octanol–water partition coefficient (Wildman–Crippen LogP) is 3.48. The molecule has 0 aromatic carbocycles. The van der Waals surface area contributed by atoms with Crippen molar-refractivity contribution in [1.29, 1.82) is 0 Å². The largest absolute Gasteiger partial charge is 0.477 e. The first-order valence-electron chi connectivity index (χ1n) is 9.73. The summed E-state index contributed by atoms with van der Waals surface area (Å²) in [5.74, 6) is -1.96. The first kappa shape index (κ1) is 23.3. The second-order valence-corrected chi connectivity index (χ2v) is 7.99. The molecule has 0 spiro atoms. The molecule has 1 unspecified atom stereocenters. The maximum absolute atomic E-state index is 15.0. The molecule has 2 fully saturated rings. The van der Waals surface area contributed by atoms with E-state index in [-0.39, 0.29) is 30.6 Å². The van der Waals surface area contributed by atoms with Gasteiger partial charge in [0.15, 0.2) is 5.82 Å². The number of nitrogens with zero attached hydrogens (tertiary/aromatic N) is 2. The van der Waals surface area contributed by atoms with E-state index in [0.29, 0.717) is 29.6 Å². The number of fused-ring (bicyclic) bond motifs is 1. The molecule has 2 aromatic heterocycles. The van der Waals surface area contributed by atoms with Gasteiger partial charge in [0.1, 0.15) is 5.56 Å². The summed E-state index contributed by atoms with van der Waals surface area (Å²) in [7, 11) is 0. The van der Waals surface area contributed by atoms with Crippen LogP contribution in [0.15, 0.2) is 17.1 Å². The number of carboxylic acids is 1. The van der Waals surface area contributed by atoms with Crippen molar-refractivity contribution < 1.29 is 27.5 Å². The van der Waals surface area contributed by atoms with E-state index < -0.39 is 41.7 Å². The molecule has 1 saturated carbocycles. The van der Waals surface area contributed by atoms with Gasteiger partial charge in [-0.15, -0.1) is 12.4 Å². The summed E-state index contributed by atoms with van der Waals surface area (Å²) in [5.41, 5.74) is 0.700. The second-order valence-electron chi connectivity index (χ2n) is 7.99. The lowest BCUT2D eigenvalue weighted by Crippen LogP contribution is -2.39. The Kier molecular flexibility index (Phi) is 6.25. The molecule has 1 atom stereocenters. The van der Waals surface area contributed by atoms with Crippen molar-refractivity contribution in [3.05, 3.63) is 45.1 Å². The van der Waals surface area contributed by atoms with Crippen LogP contribution in [0.4, 0.5) is 23.2 Å². The first-order valence-corrected chi connectivity index (χ1v) is 9.73. The SMILES string of the molecule is Cc1c(N2CCC(NCC(F)(F)F)C2)c(F)cn2c(=O)c(C(=O)O)cc(C3CC3)c12.Cl. The van der Waals surface area contributed by atoms with Crippen LogP contribution >= 0.6 is 12.4 Å². The van der Waals surface area contributed by atoms with Crippen molar-refractivity contribution >= 4 is 29.6 Å². The summed E-state index contributed by atoms with van der Waals surface area (Å²) >= 11 is 0. The molecule has 6 nitrogen and oxygen atoms in total. The highest BCUT2D eigenvalue weighted by molar-refractivity contribution is 5.89. The van der Waals surface area contributed by atoms with E-state index in [4.69, 9.17) is 0 Å². The molecule has 2 aromatic rings. The topological polar surface area (TPSA) is 74.0 Å². The molecular formula is C20H22ClF4N3O3. The number of aryl methyl sites for hydroxylation is 1. The molecular weight excluding hydrogens is 442 g/mol. The quantitative estimate of drug-likeness (QED) is 0.664. The predicted molar refractivity (Wildman–Crippen MR) is 109 cm³/mol. The summed E-state index contributed by atoms with van der Waals surface area (Å²) in [6, 6.07) is 0.949. The minimum Gasteiger partial charge on any atom is -0.477 e. The molecule has 0 radical (unpaired) electrons. The molecule has 2 aliphatic rings. The molecule has 3 heterocycles. The third-order valence-electron chi connectivity index (χ3n) is 5.79. The fourth-order valence-corrected chi connectivity index (χ4v) is 4.28. The molecule has 1 aliphatic heterocycles. The number of pyridine rings is 2. The lowest BCUT2D eigenvalue weighted by molar-refractivity contribution is -0.125. The zero-order valence-corrected chi connectivity index (χ0v) is 17.4. The third kappa shape index (κ3) is 4.50. The van der Waals surface area contributed by atoms with Crippen LogP contribution in [0.3, 0.4) is 0 Å². The lowest BCUT2D eigenvalue weighted by Gasteiger charge is -2.24. The van der Waals surface area contributed by atoms with E-state index >= 15 is 4.39 Å². The molecule has 2 N–H and O–H groups in total. The van der Waals surface area contributed by atoms with Gasteiger partial charge in [-0.25, -0.2) is 9.18 Å². The molecule has 0 bridgehead atoms. The van der Waals surface area contributed by atoms with Gasteiger partial charge >= 0.3 is 12.1 Å². The number of alkyl halides is 3. The van der Waals surface area contributed by atoms with Gasteiger partial charge in [-0.3, -0.25) is 9.20 Å². The summed E-state index contributed by atoms with van der Waals surface area (Å²) in [5, 5.41) is 11.8. The van der Waals surface area contributed by atoms with Crippen molar-refractivity contribution in [2.75, 3.05) is 24.5 Å². The molecule has 1 saturated heterocycles. The van der Waals surface area contributed by atoms with Crippen molar-refractivity contribution in [3.8, 4) is 0 Å². The highest BCUT2D eigenvalue weighted by Crippen LogP contribution is 2.44. The van der Waals surface area contributed by atoms with Crippen LogP contribution in [0.5, 0.6) is 0 Å². The van der Waals surface area contributed by atoms with Crippen molar-refractivity contribution in [2.45, 2.75) is 44.3 Å². The van der Waals surface area contributed by atoms with Crippen molar-refractivity contribution in [1.82, 2.24) is 9.72 Å². The van der Waals surface area contributed by atoms with Crippen LogP contribution in [-0.2, 0) is 0 Å². The van der Waals surface area contributed by atoms with Crippen LogP contribution in [0.1, 0.15) is 46.7 Å². The lowest BCUT2D eigenvalue weighted by atomic mass is 10.0. The Bertz CT molecular complexity index is 1080. The van der Waals surface area contributed by atoms with Crippen LogP contribution in [0.2, 0.25) is 0 Å². The summed E-state index contributed by atoms with van der Waals surface area (Å²) in [4.78, 5) is 25.8. The van der Waals surface area contributed by atoms with Crippen LogP contribution in [0, 0.1) is 12.7 Å². The van der Waals surface area contributed by atoms with Gasteiger partial charge in [-0.1, -0.05) is 0 Å². The zero-order chi connectivity index (χ0) is 21.8. The van der Waals surface area contributed by atoms with Crippen LogP contribution in [-0.4, -0.2) is 47.3 Å². The van der Waals surface area contributed by atoms with Gasteiger partial charge in [-0.2, -0.15) is 13.2 Å². The van der Waals surface area contributed by atoms with E-state index in [9.17, 15) is 27.9 Å². The average Bonchev–Trinajstić information content (AvgIpc) is 3.39. The molecule has 4 rings (SSSR count). The van der Waals surface area contributed by atoms with Gasteiger partial charge in [0.2, 0.25) is 0 Å². The van der Waals surface area contributed by atoms with Gasteiger partial charge in [-0.05, 0) is 49.3 Å². The van der Waals surface area contributed by atoms with Gasteiger partial charge in [0.25, 0.3) is 5.56 Å². The Morgan fingerprint density at radius 2 is 1.97 bits per heavy atom. The molecule has 1 aliphatic carbocycles. The van der Waals surface area contributed by atoms with Gasteiger partial charge in [0.05, 0.1) is 23.9 Å². The number of halogens is 5. The van der Waals surface area contributed by atoms with Gasteiger partial charge < -0.3 is 15.3 Å². The number of carboxylic acid groups (broad SMARTS) is 1. The van der Waals surface area contributed by atoms with Crippen LogP contribution < -0.4 is 15.8 Å². The summed E-state index contributed by atoms with van der Waals surface area (Å²) in [6.07, 6.45) is -1.19. The Labute approximate surface area is 181 Å². The maximum Gasteiger partial charge on any atom is 0.401 e. The zero-order valence-electron chi connectivity index (χ0n) is 16.6. The second kappa shape index (κ2) is 8.31. The number of aromatic carboxylic acids is 1. The van der Waals surface area contributed by atoms with E-state index in [1.165, 1.54) is 6.07 Å². The number of aromatic nitrogens is 1. The van der Waals surface area contributed by atoms with Crippen LogP contribution in [0.25, 0.3) is 5.52 Å². The number of rotatable bonds is 5. The highest BCUT2D eigenvalue weighted by atomic mass is 35.5. The van der Waals surface area contributed by atoms with E-state index in [1.807, 2.05) is 0 Å². The van der Waals surface area contributed by atoms with E-state index in [1.54, 1.807) is 11.8 Å². The number of hydrogen-bond acceptors (Lipinski definition) is 4. The van der Waals surface area contributed by atoms with Crippen molar-refractivity contribution in [2.24, 2.45) is 0 Å². The Balaban J connectivity index is 0.00000272. The fourth-order valence-electron chi connectivity index (χ4n) is 4.28. The van der Waals surface area contributed by atoms with Gasteiger partial charge in [0, 0.05) is 19.1 Å². The highest BCUT2D eigenvalue weighted by Gasteiger charge is 2.34. The smallest absolute Gasteiger partial charge is 0.401 e. The number of carbonyl (C=O) groups is 1. The fraction of sp³-hybridized carbons (Fsp3) is 0.500. The maximum atomic E-state index is 15.0. The molecule has 11 heteroatoms. The monoisotopic (exact) mass is 463 g/mol. The average molecular weight is 464 g/mol. The molecule has 0 amide bonds. The van der Waals surface area contributed by atoms with E-state index in [2.05, 4.69) is 5.32 Å². The first-order chi connectivity index (χ1) is 14.1. The minimum atomic E-state index is -4.32. The summed E-state index contributed by atoms with van der Waals surface area (Å²) < 4.78 is 53.5. The van der Waals surface area contributed by atoms with E-state index in [0.717, 1.165) is 23.4 Å². The standard InChI is InChI=1S/C20H21F4N3O3.ClH/c1-10-16-13(11-2-3-11)6-14(19(29)30)18(28)27(16)8-15(21)17(10)26-5-4-12(7-26)25-9-20(22,23)24;/h6,8,11-12,25H,2-5,7,9H2,1H3,(H,29,30);1H. The number of anilines is 1. The molecule has 31 heavy (non-hydrogen) atoms.